The fourth-order valence-corrected chi connectivity index (χ4v) is 5.37. The summed E-state index contributed by atoms with van der Waals surface area (Å²) in [6.45, 7) is 6.53. The normalized spacial score (nSPS) is 17.2. The smallest absolute Gasteiger partial charge is 0.319 e. The molecule has 0 bridgehead atoms. The van der Waals surface area contributed by atoms with Crippen LogP contribution in [0.5, 0.6) is 5.75 Å². The largest absolute Gasteiger partial charge is 0.488 e. The second-order valence-electron chi connectivity index (χ2n) is 10.7. The molecule has 2 amide bonds. The molecule has 2 N–H and O–H groups in total. The van der Waals surface area contributed by atoms with E-state index < -0.39 is 0 Å². The number of amides is 2. The van der Waals surface area contributed by atoms with Crippen molar-refractivity contribution in [1.82, 2.24) is 15.2 Å². The number of anilines is 1. The van der Waals surface area contributed by atoms with Gasteiger partial charge in [0, 0.05) is 48.8 Å². The summed E-state index contributed by atoms with van der Waals surface area (Å²) in [6, 6.07) is 29.5. The molecule has 2 atom stereocenters. The van der Waals surface area contributed by atoms with Gasteiger partial charge in [-0.25, -0.2) is 4.79 Å². The van der Waals surface area contributed by atoms with Gasteiger partial charge in [-0.05, 0) is 79.3 Å². The number of aromatic nitrogens is 1. The Kier molecular flexibility index (Phi) is 9.09. The molecule has 3 aromatic carbocycles. The topological polar surface area (TPSA) is 66.5 Å². The van der Waals surface area contributed by atoms with Gasteiger partial charge >= 0.3 is 6.03 Å². The highest BCUT2D eigenvalue weighted by Gasteiger charge is 2.24. The van der Waals surface area contributed by atoms with Gasteiger partial charge in [-0.15, -0.1) is 0 Å². The first-order chi connectivity index (χ1) is 19.5. The number of rotatable bonds is 9. The van der Waals surface area contributed by atoms with E-state index in [9.17, 15) is 4.79 Å². The Bertz CT molecular complexity index is 1380. The van der Waals surface area contributed by atoms with E-state index in [1.54, 1.807) is 12.4 Å². The van der Waals surface area contributed by atoms with Gasteiger partial charge in [0.15, 0.2) is 0 Å². The van der Waals surface area contributed by atoms with Crippen LogP contribution >= 0.6 is 0 Å². The van der Waals surface area contributed by atoms with Crippen LogP contribution in [0.4, 0.5) is 10.5 Å². The molecule has 0 aliphatic carbocycles. The summed E-state index contributed by atoms with van der Waals surface area (Å²) in [5, 5.41) is 5.71. The van der Waals surface area contributed by atoms with E-state index in [0.29, 0.717) is 25.2 Å². The lowest BCUT2D eigenvalue weighted by molar-refractivity contribution is 0.0953. The van der Waals surface area contributed by atoms with Crippen LogP contribution in [0.25, 0.3) is 11.1 Å². The van der Waals surface area contributed by atoms with Crippen molar-refractivity contribution in [1.29, 1.82) is 0 Å². The van der Waals surface area contributed by atoms with Crippen LogP contribution in [0.1, 0.15) is 49.8 Å². The molecule has 5 rings (SSSR count). The van der Waals surface area contributed by atoms with Crippen molar-refractivity contribution in [3.05, 3.63) is 114 Å². The Morgan fingerprint density at radius 1 is 0.900 bits per heavy atom. The van der Waals surface area contributed by atoms with Crippen LogP contribution in [0.3, 0.4) is 0 Å². The number of benzene rings is 3. The molecular weight excluding hydrogens is 496 g/mol. The average molecular weight is 535 g/mol. The molecule has 40 heavy (non-hydrogen) atoms. The maximum absolute atomic E-state index is 12.3. The first-order valence-electron chi connectivity index (χ1n) is 14.1. The molecule has 1 fully saturated rings. The zero-order valence-corrected chi connectivity index (χ0v) is 23.3. The molecule has 1 aromatic heterocycles. The average Bonchev–Trinajstić information content (AvgIpc) is 2.98. The van der Waals surface area contributed by atoms with E-state index in [-0.39, 0.29) is 6.03 Å². The Hall–Kier alpha value is -4.16. The van der Waals surface area contributed by atoms with Gasteiger partial charge in [0.05, 0.1) is 0 Å². The third-order valence-corrected chi connectivity index (χ3v) is 7.65. The number of para-hydroxylation sites is 1. The second kappa shape index (κ2) is 13.3. The van der Waals surface area contributed by atoms with Gasteiger partial charge in [-0.1, -0.05) is 61.0 Å². The Morgan fingerprint density at radius 3 is 2.45 bits per heavy atom. The van der Waals surface area contributed by atoms with E-state index in [4.69, 9.17) is 4.74 Å². The van der Waals surface area contributed by atoms with Crippen molar-refractivity contribution in [2.75, 3.05) is 5.32 Å². The van der Waals surface area contributed by atoms with Gasteiger partial charge in [0.25, 0.3) is 0 Å². The van der Waals surface area contributed by atoms with E-state index >= 15 is 0 Å². The number of likely N-dealkylation sites (tertiary alicyclic amines) is 1. The van der Waals surface area contributed by atoms with Gasteiger partial charge in [0.1, 0.15) is 12.4 Å². The standard InChI is InChI=1S/C34H38N4O2/c1-25-8-5-9-26(2)38(25)23-28-10-6-12-30(20-28)32-13-3-4-14-33(32)40-24-27-15-17-31(18-16-27)37-34(39)36-22-29-11-7-19-35-21-29/h3-4,6-7,10-21,25-26H,5,8-9,22-24H2,1-2H3,(H2,36,37,39). The van der Waals surface area contributed by atoms with Gasteiger partial charge in [-0.2, -0.15) is 0 Å². The highest BCUT2D eigenvalue weighted by atomic mass is 16.5. The second-order valence-corrected chi connectivity index (χ2v) is 10.7. The number of carbonyl (C=O) groups is 1. The third-order valence-electron chi connectivity index (χ3n) is 7.65. The molecule has 1 aliphatic rings. The van der Waals surface area contributed by atoms with Crippen molar-refractivity contribution >= 4 is 11.7 Å². The molecule has 2 unspecified atom stereocenters. The Labute approximate surface area is 237 Å². The number of hydrogen-bond acceptors (Lipinski definition) is 4. The van der Waals surface area contributed by atoms with Crippen molar-refractivity contribution in [3.8, 4) is 16.9 Å². The third kappa shape index (κ3) is 7.27. The predicted octanol–water partition coefficient (Wildman–Crippen LogP) is 7.41. The highest BCUT2D eigenvalue weighted by Crippen LogP contribution is 2.32. The summed E-state index contributed by atoms with van der Waals surface area (Å²) >= 11 is 0. The number of ether oxygens (including phenoxy) is 1. The molecule has 2 heterocycles. The summed E-state index contributed by atoms with van der Waals surface area (Å²) in [6.07, 6.45) is 7.32. The zero-order valence-electron chi connectivity index (χ0n) is 23.3. The fourth-order valence-electron chi connectivity index (χ4n) is 5.37. The first kappa shape index (κ1) is 27.4. The lowest BCUT2D eigenvalue weighted by Gasteiger charge is -2.39. The van der Waals surface area contributed by atoms with Crippen molar-refractivity contribution in [2.45, 2.75) is 64.9 Å². The molecule has 6 heteroatoms. The highest BCUT2D eigenvalue weighted by molar-refractivity contribution is 5.89. The predicted molar refractivity (Wildman–Crippen MR) is 161 cm³/mol. The lowest BCUT2D eigenvalue weighted by Crippen LogP contribution is -2.42. The number of carbonyl (C=O) groups excluding carboxylic acids is 1. The summed E-state index contributed by atoms with van der Waals surface area (Å²) in [5.74, 6) is 0.858. The molecule has 6 nitrogen and oxygen atoms in total. The maximum atomic E-state index is 12.3. The van der Waals surface area contributed by atoms with Crippen LogP contribution in [-0.2, 0) is 19.7 Å². The van der Waals surface area contributed by atoms with Crippen molar-refractivity contribution in [3.63, 3.8) is 0 Å². The van der Waals surface area contributed by atoms with Gasteiger partial charge in [-0.3, -0.25) is 9.88 Å². The van der Waals surface area contributed by atoms with Crippen LogP contribution in [0.2, 0.25) is 0 Å². The maximum Gasteiger partial charge on any atom is 0.319 e. The quantitative estimate of drug-likeness (QED) is 0.235. The molecule has 0 radical (unpaired) electrons. The SMILES string of the molecule is CC1CCCC(C)N1Cc1cccc(-c2ccccc2OCc2ccc(NC(=O)NCc3cccnc3)cc2)c1. The monoisotopic (exact) mass is 534 g/mol. The minimum atomic E-state index is -0.256. The molecular formula is C34H38N4O2. The van der Waals surface area contributed by atoms with E-state index in [1.165, 1.54) is 30.4 Å². The number of pyridine rings is 1. The number of nitrogens with one attached hydrogen (secondary N) is 2. The van der Waals surface area contributed by atoms with Crippen LogP contribution in [-0.4, -0.2) is 28.0 Å². The summed E-state index contributed by atoms with van der Waals surface area (Å²) in [5.41, 5.74) is 6.29. The summed E-state index contributed by atoms with van der Waals surface area (Å²) in [7, 11) is 0. The number of hydrogen-bond donors (Lipinski definition) is 2. The minimum absolute atomic E-state index is 0.256. The van der Waals surface area contributed by atoms with Gasteiger partial charge < -0.3 is 15.4 Å². The molecule has 1 saturated heterocycles. The number of piperidine rings is 1. The minimum Gasteiger partial charge on any atom is -0.488 e. The molecule has 0 saturated carbocycles. The summed E-state index contributed by atoms with van der Waals surface area (Å²) in [4.78, 5) is 18.9. The first-order valence-corrected chi connectivity index (χ1v) is 14.1. The number of urea groups is 1. The zero-order chi connectivity index (χ0) is 27.7. The molecule has 0 spiro atoms. The fraction of sp³-hybridized carbons (Fsp3) is 0.294. The molecule has 206 valence electrons. The lowest BCUT2D eigenvalue weighted by atomic mass is 9.96. The van der Waals surface area contributed by atoms with Gasteiger partial charge in [0.2, 0.25) is 0 Å². The van der Waals surface area contributed by atoms with E-state index in [1.807, 2.05) is 48.5 Å². The van der Waals surface area contributed by atoms with E-state index in [2.05, 4.69) is 70.8 Å². The van der Waals surface area contributed by atoms with Crippen LogP contribution in [0, 0.1) is 0 Å². The number of nitrogens with zero attached hydrogens (tertiary/aromatic N) is 2. The Morgan fingerprint density at radius 2 is 1.68 bits per heavy atom. The molecule has 1 aliphatic heterocycles. The Balaban J connectivity index is 1.19. The van der Waals surface area contributed by atoms with E-state index in [0.717, 1.165) is 34.7 Å². The van der Waals surface area contributed by atoms with Crippen LogP contribution in [0.15, 0.2) is 97.3 Å². The summed E-state index contributed by atoms with van der Waals surface area (Å²) < 4.78 is 6.29. The van der Waals surface area contributed by atoms with Crippen molar-refractivity contribution in [2.24, 2.45) is 0 Å². The van der Waals surface area contributed by atoms with Crippen LogP contribution < -0.4 is 15.4 Å². The van der Waals surface area contributed by atoms with Crippen molar-refractivity contribution < 1.29 is 9.53 Å². The molecule has 4 aromatic rings.